The SMILES string of the molecule is C/C=C(\C=C(/CC)Oc1nnc(CC)n1C)N(CC)CCC(C)OC. The zero-order chi connectivity index (χ0) is 18.8. The van der Waals surface area contributed by atoms with Crippen LogP contribution in [0.15, 0.2) is 23.6 Å². The van der Waals surface area contributed by atoms with Gasteiger partial charge in [0, 0.05) is 45.8 Å². The second kappa shape index (κ2) is 10.9. The largest absolute Gasteiger partial charge is 0.429 e. The Bertz CT molecular complexity index is 578. The second-order valence-electron chi connectivity index (χ2n) is 6.01. The molecule has 6 nitrogen and oxygen atoms in total. The predicted molar refractivity (Wildman–Crippen MR) is 101 cm³/mol. The number of nitrogens with zero attached hydrogens (tertiary/aromatic N) is 4. The maximum Gasteiger partial charge on any atom is 0.321 e. The second-order valence-corrected chi connectivity index (χ2v) is 6.01. The summed E-state index contributed by atoms with van der Waals surface area (Å²) in [7, 11) is 3.69. The Morgan fingerprint density at radius 2 is 2.00 bits per heavy atom. The summed E-state index contributed by atoms with van der Waals surface area (Å²) >= 11 is 0. The van der Waals surface area contributed by atoms with Crippen LogP contribution in [0.5, 0.6) is 6.01 Å². The van der Waals surface area contributed by atoms with Gasteiger partial charge in [-0.15, -0.1) is 5.10 Å². The molecule has 0 bridgehead atoms. The van der Waals surface area contributed by atoms with E-state index in [1.54, 1.807) is 7.11 Å². The van der Waals surface area contributed by atoms with Crippen LogP contribution in [-0.4, -0.2) is 46.0 Å². The number of aromatic nitrogens is 3. The van der Waals surface area contributed by atoms with E-state index in [2.05, 4.69) is 61.9 Å². The van der Waals surface area contributed by atoms with Crippen molar-refractivity contribution < 1.29 is 9.47 Å². The highest BCUT2D eigenvalue weighted by Crippen LogP contribution is 2.17. The Morgan fingerprint density at radius 3 is 2.48 bits per heavy atom. The molecule has 1 aromatic rings. The number of hydrogen-bond donors (Lipinski definition) is 0. The first-order valence-electron chi connectivity index (χ1n) is 9.21. The van der Waals surface area contributed by atoms with Crippen LogP contribution < -0.4 is 4.74 Å². The van der Waals surface area contributed by atoms with Crippen molar-refractivity contribution in [3.8, 4) is 6.01 Å². The van der Waals surface area contributed by atoms with E-state index in [0.717, 1.165) is 49.6 Å². The van der Waals surface area contributed by atoms with E-state index in [4.69, 9.17) is 9.47 Å². The minimum Gasteiger partial charge on any atom is -0.429 e. The summed E-state index contributed by atoms with van der Waals surface area (Å²) in [5, 5.41) is 8.30. The Labute approximate surface area is 152 Å². The molecule has 1 atom stereocenters. The molecule has 0 aromatic carbocycles. The summed E-state index contributed by atoms with van der Waals surface area (Å²) < 4.78 is 13.3. The summed E-state index contributed by atoms with van der Waals surface area (Å²) in [5.41, 5.74) is 1.15. The lowest BCUT2D eigenvalue weighted by Crippen LogP contribution is -2.26. The van der Waals surface area contributed by atoms with Crippen molar-refractivity contribution in [2.75, 3.05) is 20.2 Å². The maximum atomic E-state index is 6.01. The Hall–Kier alpha value is -1.82. The Kier molecular flexibility index (Phi) is 9.27. The van der Waals surface area contributed by atoms with E-state index in [1.165, 1.54) is 0 Å². The zero-order valence-corrected chi connectivity index (χ0v) is 16.9. The van der Waals surface area contributed by atoms with Gasteiger partial charge in [-0.05, 0) is 33.3 Å². The number of methoxy groups -OCH3 is 1. The molecule has 0 spiro atoms. The van der Waals surface area contributed by atoms with E-state index in [-0.39, 0.29) is 6.10 Å². The molecule has 1 heterocycles. The standard InChI is InChI=1S/C19H34N4O2/c1-8-16(23(11-4)13-12-15(5)24-7)14-17(9-2)25-19-21-20-18(10-3)22(19)6/h8,14-15H,9-13H2,1-7H3/b16-8+,17-14+. The molecule has 0 radical (unpaired) electrons. The molecule has 0 saturated carbocycles. The molecule has 0 fully saturated rings. The molecular weight excluding hydrogens is 316 g/mol. The Morgan fingerprint density at radius 1 is 1.28 bits per heavy atom. The van der Waals surface area contributed by atoms with Gasteiger partial charge in [0.15, 0.2) is 0 Å². The van der Waals surface area contributed by atoms with Crippen LogP contribution in [0.25, 0.3) is 0 Å². The molecule has 6 heteroatoms. The van der Waals surface area contributed by atoms with Crippen molar-refractivity contribution in [3.05, 3.63) is 29.4 Å². The smallest absolute Gasteiger partial charge is 0.321 e. The number of allylic oxidation sites excluding steroid dienone is 3. The normalized spacial score (nSPS) is 13.9. The lowest BCUT2D eigenvalue weighted by atomic mass is 10.2. The van der Waals surface area contributed by atoms with Crippen LogP contribution in [-0.2, 0) is 18.2 Å². The minimum absolute atomic E-state index is 0.254. The van der Waals surface area contributed by atoms with Crippen molar-refractivity contribution in [1.82, 2.24) is 19.7 Å². The van der Waals surface area contributed by atoms with Gasteiger partial charge in [-0.1, -0.05) is 25.0 Å². The number of rotatable bonds is 11. The van der Waals surface area contributed by atoms with Crippen LogP contribution in [0.4, 0.5) is 0 Å². The van der Waals surface area contributed by atoms with Crippen LogP contribution in [0.3, 0.4) is 0 Å². The number of ether oxygens (including phenoxy) is 2. The maximum absolute atomic E-state index is 6.01. The minimum atomic E-state index is 0.254. The van der Waals surface area contributed by atoms with E-state index in [9.17, 15) is 0 Å². The Balaban J connectivity index is 2.89. The number of aryl methyl sites for hydroxylation is 1. The fourth-order valence-electron chi connectivity index (χ4n) is 2.51. The van der Waals surface area contributed by atoms with Gasteiger partial charge in [0.2, 0.25) is 0 Å². The molecule has 0 amide bonds. The van der Waals surface area contributed by atoms with Crippen LogP contribution >= 0.6 is 0 Å². The fourth-order valence-corrected chi connectivity index (χ4v) is 2.51. The van der Waals surface area contributed by atoms with Gasteiger partial charge in [-0.2, -0.15) is 0 Å². The molecule has 0 aliphatic carbocycles. The van der Waals surface area contributed by atoms with Gasteiger partial charge in [0.25, 0.3) is 0 Å². The summed E-state index contributed by atoms with van der Waals surface area (Å²) in [6.45, 7) is 12.3. The number of hydrogen-bond acceptors (Lipinski definition) is 5. The third-order valence-corrected chi connectivity index (χ3v) is 4.37. The molecule has 0 aliphatic heterocycles. The summed E-state index contributed by atoms with van der Waals surface area (Å²) in [4.78, 5) is 2.34. The molecule has 1 unspecified atom stereocenters. The fraction of sp³-hybridized carbons (Fsp3) is 0.684. The van der Waals surface area contributed by atoms with E-state index < -0.39 is 0 Å². The monoisotopic (exact) mass is 350 g/mol. The predicted octanol–water partition coefficient (Wildman–Crippen LogP) is 3.70. The third-order valence-electron chi connectivity index (χ3n) is 4.37. The van der Waals surface area contributed by atoms with Crippen LogP contribution in [0.2, 0.25) is 0 Å². The summed E-state index contributed by atoms with van der Waals surface area (Å²) in [5.74, 6) is 1.80. The van der Waals surface area contributed by atoms with Gasteiger partial charge in [-0.3, -0.25) is 4.57 Å². The number of likely N-dealkylation sites (N-methyl/N-ethyl adjacent to an activating group) is 1. The molecule has 0 saturated heterocycles. The summed E-state index contributed by atoms with van der Waals surface area (Å²) in [6, 6.07) is 0.538. The molecule has 1 rings (SSSR count). The van der Waals surface area contributed by atoms with E-state index in [1.807, 2.05) is 11.6 Å². The molecule has 25 heavy (non-hydrogen) atoms. The molecule has 0 aliphatic rings. The van der Waals surface area contributed by atoms with Crippen molar-refractivity contribution in [1.29, 1.82) is 0 Å². The first kappa shape index (κ1) is 21.2. The zero-order valence-electron chi connectivity index (χ0n) is 16.9. The van der Waals surface area contributed by atoms with Crippen LogP contribution in [0, 0.1) is 0 Å². The first-order chi connectivity index (χ1) is 12.0. The molecule has 0 N–H and O–H groups in total. The average Bonchev–Trinajstić information content (AvgIpc) is 2.99. The molecular formula is C19H34N4O2. The highest BCUT2D eigenvalue weighted by molar-refractivity contribution is 5.21. The highest BCUT2D eigenvalue weighted by Gasteiger charge is 2.12. The summed E-state index contributed by atoms with van der Waals surface area (Å²) in [6.07, 6.45) is 7.08. The van der Waals surface area contributed by atoms with Crippen molar-refractivity contribution in [2.24, 2.45) is 7.05 Å². The van der Waals surface area contributed by atoms with Crippen molar-refractivity contribution in [3.63, 3.8) is 0 Å². The van der Waals surface area contributed by atoms with Crippen molar-refractivity contribution in [2.45, 2.75) is 60.0 Å². The van der Waals surface area contributed by atoms with Gasteiger partial charge >= 0.3 is 6.01 Å². The van der Waals surface area contributed by atoms with E-state index in [0.29, 0.717) is 6.01 Å². The topological polar surface area (TPSA) is 52.4 Å². The highest BCUT2D eigenvalue weighted by atomic mass is 16.5. The van der Waals surface area contributed by atoms with Gasteiger partial charge < -0.3 is 14.4 Å². The van der Waals surface area contributed by atoms with Gasteiger partial charge in [0.05, 0.1) is 6.10 Å². The lowest BCUT2D eigenvalue weighted by molar-refractivity contribution is 0.102. The van der Waals surface area contributed by atoms with Gasteiger partial charge in [0.1, 0.15) is 11.6 Å². The molecule has 1 aromatic heterocycles. The van der Waals surface area contributed by atoms with Gasteiger partial charge in [-0.25, -0.2) is 0 Å². The quantitative estimate of drug-likeness (QED) is 0.450. The van der Waals surface area contributed by atoms with Crippen molar-refractivity contribution >= 4 is 0 Å². The average molecular weight is 351 g/mol. The lowest BCUT2D eigenvalue weighted by Gasteiger charge is -2.26. The van der Waals surface area contributed by atoms with E-state index >= 15 is 0 Å². The van der Waals surface area contributed by atoms with Crippen LogP contribution in [0.1, 0.15) is 53.3 Å². The molecule has 142 valence electrons. The first-order valence-corrected chi connectivity index (χ1v) is 9.21. The third kappa shape index (κ3) is 6.20.